The minimum Gasteiger partial charge on any atom is -0.258 e. The van der Waals surface area contributed by atoms with Crippen molar-refractivity contribution < 1.29 is 0 Å². The molecule has 0 saturated heterocycles. The van der Waals surface area contributed by atoms with E-state index in [1.807, 2.05) is 25.1 Å². The van der Waals surface area contributed by atoms with Crippen LogP contribution in [0.4, 0.5) is 0 Å². The van der Waals surface area contributed by atoms with Crippen LogP contribution in [0.3, 0.4) is 0 Å². The molecule has 6 aromatic carbocycles. The number of pyridine rings is 1. The first kappa shape index (κ1) is 30.8. The summed E-state index contributed by atoms with van der Waals surface area (Å²) < 4.78 is 0. The zero-order valence-electron chi connectivity index (χ0n) is 28.0. The van der Waals surface area contributed by atoms with Crippen LogP contribution >= 0.6 is 0 Å². The van der Waals surface area contributed by atoms with Gasteiger partial charge in [0, 0.05) is 33.6 Å². The molecule has 0 amide bonds. The fraction of sp³-hybridized carbons (Fsp3) is 0.0435. The molecule has 0 unspecified atom stereocenters. The number of hydrogen-bond acceptors (Lipinski definition) is 4. The van der Waals surface area contributed by atoms with Gasteiger partial charge in [-0.3, -0.25) is 4.98 Å². The van der Waals surface area contributed by atoms with Crippen molar-refractivity contribution in [2.75, 3.05) is 0 Å². The van der Waals surface area contributed by atoms with E-state index in [0.29, 0.717) is 17.5 Å². The van der Waals surface area contributed by atoms with Gasteiger partial charge in [-0.1, -0.05) is 146 Å². The predicted octanol–water partition coefficient (Wildman–Crippen LogP) is 11.6. The maximum Gasteiger partial charge on any atom is 0.165 e. The Morgan fingerprint density at radius 1 is 0.300 bits per heavy atom. The molecule has 2 aromatic heterocycles. The first-order chi connectivity index (χ1) is 24.6. The minimum atomic E-state index is 0.610. The van der Waals surface area contributed by atoms with Gasteiger partial charge in [0.2, 0.25) is 0 Å². The van der Waals surface area contributed by atoms with Gasteiger partial charge in [0.1, 0.15) is 0 Å². The standard InChI is InChI=1S/C46H34N4/c1-31-26-27-40(32(2)47-31)37-24-15-25-38(28-37)45-48-44(36-22-13-6-14-23-36)49-46(50-45)43-41(34-18-9-4-10-19-34)29-39(33-16-7-3-8-17-33)30-42(43)35-20-11-5-12-21-35/h3-30H,1-2H3. The highest BCUT2D eigenvalue weighted by molar-refractivity contribution is 5.96. The van der Waals surface area contributed by atoms with E-state index in [4.69, 9.17) is 19.9 Å². The van der Waals surface area contributed by atoms with Crippen LogP contribution in [0.5, 0.6) is 0 Å². The first-order valence-electron chi connectivity index (χ1n) is 16.8. The van der Waals surface area contributed by atoms with Crippen LogP contribution in [-0.4, -0.2) is 19.9 Å². The molecule has 8 rings (SSSR count). The lowest BCUT2D eigenvalue weighted by molar-refractivity contribution is 1.07. The van der Waals surface area contributed by atoms with E-state index in [1.54, 1.807) is 0 Å². The number of nitrogens with zero attached hydrogens (tertiary/aromatic N) is 4. The summed E-state index contributed by atoms with van der Waals surface area (Å²) in [5.74, 6) is 1.85. The van der Waals surface area contributed by atoms with E-state index in [0.717, 1.165) is 72.6 Å². The molecule has 0 fully saturated rings. The van der Waals surface area contributed by atoms with Gasteiger partial charge >= 0.3 is 0 Å². The molecule has 2 heterocycles. The molecule has 0 bridgehead atoms. The molecule has 0 aliphatic carbocycles. The Bertz CT molecular complexity index is 2360. The van der Waals surface area contributed by atoms with E-state index in [9.17, 15) is 0 Å². The fourth-order valence-corrected chi connectivity index (χ4v) is 6.52. The van der Waals surface area contributed by atoms with E-state index < -0.39 is 0 Å². The first-order valence-corrected chi connectivity index (χ1v) is 16.8. The third kappa shape index (κ3) is 6.23. The number of aromatic nitrogens is 4. The molecule has 0 aliphatic rings. The SMILES string of the molecule is Cc1ccc(-c2cccc(-c3nc(-c4ccccc4)nc(-c4c(-c5ccccc5)cc(-c5ccccc5)cc4-c4ccccc4)n3)c2)c(C)n1. The monoisotopic (exact) mass is 642 g/mol. The Morgan fingerprint density at radius 3 is 1.32 bits per heavy atom. The molecular formula is C46H34N4. The summed E-state index contributed by atoms with van der Waals surface area (Å²) in [7, 11) is 0. The molecule has 4 nitrogen and oxygen atoms in total. The van der Waals surface area contributed by atoms with Crippen molar-refractivity contribution in [2.24, 2.45) is 0 Å². The van der Waals surface area contributed by atoms with Crippen LogP contribution in [-0.2, 0) is 0 Å². The molecule has 0 atom stereocenters. The summed E-state index contributed by atoms with van der Waals surface area (Å²) >= 11 is 0. The Kier molecular flexibility index (Phi) is 8.34. The molecule has 8 aromatic rings. The molecule has 0 saturated carbocycles. The molecule has 0 spiro atoms. The third-order valence-corrected chi connectivity index (χ3v) is 8.96. The molecule has 0 N–H and O–H groups in total. The van der Waals surface area contributed by atoms with Crippen LogP contribution in [0.25, 0.3) is 78.7 Å². The smallest absolute Gasteiger partial charge is 0.165 e. The number of aryl methyl sites for hydroxylation is 2. The van der Waals surface area contributed by atoms with Gasteiger partial charge in [0.15, 0.2) is 17.5 Å². The lowest BCUT2D eigenvalue weighted by Crippen LogP contribution is -2.03. The number of hydrogen-bond donors (Lipinski definition) is 0. The quantitative estimate of drug-likeness (QED) is 0.174. The van der Waals surface area contributed by atoms with Gasteiger partial charge < -0.3 is 0 Å². The van der Waals surface area contributed by atoms with Crippen molar-refractivity contribution in [1.82, 2.24) is 19.9 Å². The van der Waals surface area contributed by atoms with Crippen LogP contribution < -0.4 is 0 Å². The van der Waals surface area contributed by atoms with Crippen LogP contribution in [0.15, 0.2) is 170 Å². The third-order valence-electron chi connectivity index (χ3n) is 8.96. The maximum absolute atomic E-state index is 5.31. The van der Waals surface area contributed by atoms with Gasteiger partial charge in [0.25, 0.3) is 0 Å². The number of benzene rings is 6. The average molecular weight is 643 g/mol. The average Bonchev–Trinajstić information content (AvgIpc) is 3.18. The Balaban J connectivity index is 1.42. The van der Waals surface area contributed by atoms with E-state index in [2.05, 4.69) is 159 Å². The molecule has 50 heavy (non-hydrogen) atoms. The minimum absolute atomic E-state index is 0.610. The molecule has 238 valence electrons. The summed E-state index contributed by atoms with van der Waals surface area (Å²) in [5.41, 5.74) is 13.5. The van der Waals surface area contributed by atoms with E-state index >= 15 is 0 Å². The van der Waals surface area contributed by atoms with Gasteiger partial charge in [0.05, 0.1) is 0 Å². The highest BCUT2D eigenvalue weighted by atomic mass is 15.0. The van der Waals surface area contributed by atoms with Gasteiger partial charge in [-0.25, -0.2) is 15.0 Å². The van der Waals surface area contributed by atoms with E-state index in [-0.39, 0.29) is 0 Å². The van der Waals surface area contributed by atoms with Gasteiger partial charge in [-0.2, -0.15) is 0 Å². The highest BCUT2D eigenvalue weighted by Gasteiger charge is 2.22. The zero-order valence-corrected chi connectivity index (χ0v) is 28.0. The van der Waals surface area contributed by atoms with Crippen LogP contribution in [0, 0.1) is 13.8 Å². The number of rotatable bonds is 7. The highest BCUT2D eigenvalue weighted by Crippen LogP contribution is 2.43. The molecule has 0 aliphatic heterocycles. The lowest BCUT2D eigenvalue weighted by atomic mass is 9.87. The van der Waals surface area contributed by atoms with Crippen LogP contribution in [0.1, 0.15) is 11.4 Å². The Hall–Kier alpha value is -6.52. The fourth-order valence-electron chi connectivity index (χ4n) is 6.52. The second-order valence-electron chi connectivity index (χ2n) is 12.4. The summed E-state index contributed by atoms with van der Waals surface area (Å²) in [6, 6.07) is 58.9. The summed E-state index contributed by atoms with van der Waals surface area (Å²) in [6.45, 7) is 4.07. The molecule has 4 heteroatoms. The summed E-state index contributed by atoms with van der Waals surface area (Å²) in [4.78, 5) is 20.4. The van der Waals surface area contributed by atoms with Gasteiger partial charge in [-0.05, 0) is 77.1 Å². The topological polar surface area (TPSA) is 51.6 Å². The summed E-state index contributed by atoms with van der Waals surface area (Å²) in [5, 5.41) is 0. The lowest BCUT2D eigenvalue weighted by Gasteiger charge is -2.19. The normalized spacial score (nSPS) is 11.0. The predicted molar refractivity (Wildman–Crippen MR) is 205 cm³/mol. The second-order valence-corrected chi connectivity index (χ2v) is 12.4. The van der Waals surface area contributed by atoms with Crippen LogP contribution in [0.2, 0.25) is 0 Å². The van der Waals surface area contributed by atoms with Crippen molar-refractivity contribution in [3.63, 3.8) is 0 Å². The van der Waals surface area contributed by atoms with Crippen molar-refractivity contribution in [1.29, 1.82) is 0 Å². The summed E-state index contributed by atoms with van der Waals surface area (Å²) in [6.07, 6.45) is 0. The maximum atomic E-state index is 5.31. The van der Waals surface area contributed by atoms with Crippen molar-refractivity contribution in [3.8, 4) is 78.7 Å². The zero-order chi connectivity index (χ0) is 33.9. The van der Waals surface area contributed by atoms with E-state index in [1.165, 1.54) is 0 Å². The molecule has 0 radical (unpaired) electrons. The van der Waals surface area contributed by atoms with Crippen molar-refractivity contribution in [2.45, 2.75) is 13.8 Å². The van der Waals surface area contributed by atoms with Crippen molar-refractivity contribution >= 4 is 0 Å². The Morgan fingerprint density at radius 2 is 0.760 bits per heavy atom. The Labute approximate surface area is 292 Å². The molecular weight excluding hydrogens is 609 g/mol. The van der Waals surface area contributed by atoms with Crippen molar-refractivity contribution in [3.05, 3.63) is 181 Å². The van der Waals surface area contributed by atoms with Gasteiger partial charge in [-0.15, -0.1) is 0 Å². The second kappa shape index (κ2) is 13.5. The largest absolute Gasteiger partial charge is 0.258 e.